The van der Waals surface area contributed by atoms with E-state index in [-0.39, 0.29) is 42.1 Å². The molecule has 5 aromatic rings. The van der Waals surface area contributed by atoms with E-state index in [0.29, 0.717) is 41.1 Å². The number of fused-ring (bicyclic) bond motifs is 2. The number of carbonyl (C=O) groups excluding carboxylic acids is 1. The monoisotopic (exact) mass is 605 g/mol. The third-order valence-corrected chi connectivity index (χ3v) is 8.14. The molecule has 228 valence electrons. The van der Waals surface area contributed by atoms with Gasteiger partial charge in [0.2, 0.25) is 0 Å². The molecular formula is C34H31F4N3O3. The normalized spacial score (nSPS) is 13.6. The average Bonchev–Trinajstić information content (AvgIpc) is 3.64. The average molecular weight is 606 g/mol. The second-order valence-electron chi connectivity index (χ2n) is 10.9. The van der Waals surface area contributed by atoms with Crippen LogP contribution in [-0.4, -0.2) is 27.1 Å². The standard InChI is InChI=1S/C34H31F4N3O3/c1-3-43-29(42)13-10-20-7-6-8-22(30(20)37)19(2)32-28-9-4-5-16-41(28)34(40-32)24-17-21(11-12-25(24)35)44-33-26(36)18-27-23(31(33)38)14-15-39-27/h6-8,11-12,14-15,17-19,39H,3-5,9-10,13,16H2,1-2H3. The Morgan fingerprint density at radius 3 is 2.70 bits per heavy atom. The predicted octanol–water partition coefficient (Wildman–Crippen LogP) is 8.36. The molecule has 1 unspecified atom stereocenters. The van der Waals surface area contributed by atoms with Crippen molar-refractivity contribution in [3.8, 4) is 22.9 Å². The summed E-state index contributed by atoms with van der Waals surface area (Å²) in [6, 6.07) is 11.6. The molecule has 1 aliphatic heterocycles. The second kappa shape index (κ2) is 12.2. The summed E-state index contributed by atoms with van der Waals surface area (Å²) in [5.74, 6) is -3.82. The van der Waals surface area contributed by atoms with Crippen LogP contribution in [0, 0.1) is 23.3 Å². The molecule has 0 spiro atoms. The van der Waals surface area contributed by atoms with E-state index in [4.69, 9.17) is 14.5 Å². The number of aromatic nitrogens is 3. The van der Waals surface area contributed by atoms with E-state index >= 15 is 13.2 Å². The summed E-state index contributed by atoms with van der Waals surface area (Å²) in [6.07, 6.45) is 4.21. The zero-order chi connectivity index (χ0) is 31.0. The number of aromatic amines is 1. The second-order valence-corrected chi connectivity index (χ2v) is 10.9. The highest BCUT2D eigenvalue weighted by atomic mass is 19.1. The lowest BCUT2D eigenvalue weighted by Crippen LogP contribution is -2.14. The number of imidazole rings is 1. The molecule has 1 atom stereocenters. The molecule has 0 radical (unpaired) electrons. The molecule has 0 saturated heterocycles. The van der Waals surface area contributed by atoms with Crippen molar-refractivity contribution in [3.05, 3.63) is 101 Å². The molecule has 10 heteroatoms. The van der Waals surface area contributed by atoms with Gasteiger partial charge >= 0.3 is 5.97 Å². The van der Waals surface area contributed by atoms with Crippen molar-refractivity contribution >= 4 is 16.9 Å². The van der Waals surface area contributed by atoms with Crippen LogP contribution in [0.2, 0.25) is 0 Å². The van der Waals surface area contributed by atoms with Gasteiger partial charge in [-0.15, -0.1) is 0 Å². The van der Waals surface area contributed by atoms with Crippen LogP contribution >= 0.6 is 0 Å². The fraction of sp³-hybridized carbons (Fsp3) is 0.294. The third kappa shape index (κ3) is 5.44. The number of hydrogen-bond donors (Lipinski definition) is 1. The van der Waals surface area contributed by atoms with Crippen LogP contribution in [0.4, 0.5) is 17.6 Å². The minimum Gasteiger partial charge on any atom is -0.466 e. The van der Waals surface area contributed by atoms with Crippen molar-refractivity contribution in [1.29, 1.82) is 0 Å². The molecule has 0 saturated carbocycles. The van der Waals surface area contributed by atoms with Crippen molar-refractivity contribution in [2.24, 2.45) is 0 Å². The Morgan fingerprint density at radius 2 is 1.89 bits per heavy atom. The minimum atomic E-state index is -0.899. The van der Waals surface area contributed by atoms with Crippen molar-refractivity contribution in [3.63, 3.8) is 0 Å². The first-order chi connectivity index (χ1) is 21.3. The zero-order valence-corrected chi connectivity index (χ0v) is 24.4. The lowest BCUT2D eigenvalue weighted by Gasteiger charge is -2.20. The van der Waals surface area contributed by atoms with Crippen molar-refractivity contribution in [2.45, 2.75) is 58.4 Å². The van der Waals surface area contributed by atoms with Crippen LogP contribution in [0.15, 0.2) is 54.7 Å². The van der Waals surface area contributed by atoms with Crippen molar-refractivity contribution < 1.29 is 31.8 Å². The summed E-state index contributed by atoms with van der Waals surface area (Å²) in [5, 5.41) is 0.168. The Bertz CT molecular complexity index is 1860. The van der Waals surface area contributed by atoms with Gasteiger partial charge in [-0.3, -0.25) is 4.79 Å². The van der Waals surface area contributed by atoms with Gasteiger partial charge in [-0.2, -0.15) is 0 Å². The molecule has 2 aromatic heterocycles. The lowest BCUT2D eigenvalue weighted by atomic mass is 9.91. The molecule has 44 heavy (non-hydrogen) atoms. The van der Waals surface area contributed by atoms with Crippen LogP contribution in [-0.2, 0) is 28.9 Å². The summed E-state index contributed by atoms with van der Waals surface area (Å²) >= 11 is 0. The van der Waals surface area contributed by atoms with E-state index in [0.717, 1.165) is 24.6 Å². The summed E-state index contributed by atoms with van der Waals surface area (Å²) in [6.45, 7) is 4.43. The van der Waals surface area contributed by atoms with Gasteiger partial charge in [0, 0.05) is 42.2 Å². The fourth-order valence-electron chi connectivity index (χ4n) is 5.93. The maximum atomic E-state index is 15.7. The Kier molecular flexibility index (Phi) is 8.16. The molecule has 0 amide bonds. The Balaban J connectivity index is 1.36. The highest BCUT2D eigenvalue weighted by Gasteiger charge is 2.28. The number of H-pyrrole nitrogens is 1. The molecule has 0 aliphatic carbocycles. The first-order valence-electron chi connectivity index (χ1n) is 14.7. The first kappa shape index (κ1) is 29.5. The Morgan fingerprint density at radius 1 is 1.05 bits per heavy atom. The van der Waals surface area contributed by atoms with Gasteiger partial charge in [-0.1, -0.05) is 25.1 Å². The van der Waals surface area contributed by atoms with Gasteiger partial charge < -0.3 is 19.0 Å². The van der Waals surface area contributed by atoms with Crippen LogP contribution in [0.5, 0.6) is 11.5 Å². The lowest BCUT2D eigenvalue weighted by molar-refractivity contribution is -0.143. The van der Waals surface area contributed by atoms with E-state index in [1.54, 1.807) is 25.1 Å². The van der Waals surface area contributed by atoms with Gasteiger partial charge in [0.05, 0.1) is 23.4 Å². The molecule has 0 fully saturated rings. The number of hydrogen-bond acceptors (Lipinski definition) is 4. The largest absolute Gasteiger partial charge is 0.466 e. The van der Waals surface area contributed by atoms with E-state index < -0.39 is 34.9 Å². The van der Waals surface area contributed by atoms with Crippen LogP contribution < -0.4 is 4.74 Å². The number of benzene rings is 3. The van der Waals surface area contributed by atoms with Crippen molar-refractivity contribution in [2.75, 3.05) is 6.61 Å². The number of ether oxygens (including phenoxy) is 2. The first-order valence-corrected chi connectivity index (χ1v) is 14.7. The molecule has 3 heterocycles. The van der Waals surface area contributed by atoms with Crippen LogP contribution in [0.25, 0.3) is 22.3 Å². The molecule has 3 aromatic carbocycles. The number of rotatable bonds is 9. The van der Waals surface area contributed by atoms with Gasteiger partial charge in [0.25, 0.3) is 0 Å². The molecule has 1 aliphatic rings. The van der Waals surface area contributed by atoms with Gasteiger partial charge in [0.15, 0.2) is 17.4 Å². The number of esters is 1. The maximum Gasteiger partial charge on any atom is 0.306 e. The maximum absolute atomic E-state index is 15.7. The predicted molar refractivity (Wildman–Crippen MR) is 158 cm³/mol. The number of aryl methyl sites for hydroxylation is 1. The van der Waals surface area contributed by atoms with E-state index in [1.165, 1.54) is 30.5 Å². The molecule has 0 bridgehead atoms. The van der Waals surface area contributed by atoms with Crippen molar-refractivity contribution in [1.82, 2.24) is 14.5 Å². The SMILES string of the molecule is CCOC(=O)CCc1cccc(C(C)c2nc(-c3cc(Oc4c(F)cc5[nH]ccc5c4F)ccc3F)n3c2CCCC3)c1F. The van der Waals surface area contributed by atoms with Gasteiger partial charge in [0.1, 0.15) is 23.2 Å². The topological polar surface area (TPSA) is 69.1 Å². The number of carbonyl (C=O) groups is 1. The quantitative estimate of drug-likeness (QED) is 0.135. The van der Waals surface area contributed by atoms with Crippen LogP contribution in [0.1, 0.15) is 61.5 Å². The van der Waals surface area contributed by atoms with E-state index in [1.807, 2.05) is 11.5 Å². The molecular weight excluding hydrogens is 574 g/mol. The fourth-order valence-corrected chi connectivity index (χ4v) is 5.93. The van der Waals surface area contributed by atoms with E-state index in [9.17, 15) is 9.18 Å². The van der Waals surface area contributed by atoms with E-state index in [2.05, 4.69) is 4.98 Å². The summed E-state index contributed by atoms with van der Waals surface area (Å²) in [5.41, 5.74) is 2.74. The van der Waals surface area contributed by atoms with Crippen LogP contribution in [0.3, 0.4) is 0 Å². The zero-order valence-electron chi connectivity index (χ0n) is 24.4. The summed E-state index contributed by atoms with van der Waals surface area (Å²) in [4.78, 5) is 19.5. The molecule has 1 N–H and O–H groups in total. The molecule has 6 nitrogen and oxygen atoms in total. The number of halogens is 4. The Hall–Kier alpha value is -4.60. The summed E-state index contributed by atoms with van der Waals surface area (Å²) < 4.78 is 73.6. The molecule has 6 rings (SSSR count). The van der Waals surface area contributed by atoms with Gasteiger partial charge in [-0.05, 0) is 68.0 Å². The Labute approximate surface area is 251 Å². The summed E-state index contributed by atoms with van der Waals surface area (Å²) in [7, 11) is 0. The highest BCUT2D eigenvalue weighted by molar-refractivity contribution is 5.82. The number of nitrogens with zero attached hydrogens (tertiary/aromatic N) is 2. The smallest absolute Gasteiger partial charge is 0.306 e. The minimum absolute atomic E-state index is 0.0391. The highest BCUT2D eigenvalue weighted by Crippen LogP contribution is 2.39. The number of nitrogens with one attached hydrogen (secondary N) is 1. The van der Waals surface area contributed by atoms with Gasteiger partial charge in [-0.25, -0.2) is 22.5 Å². The third-order valence-electron chi connectivity index (χ3n) is 8.14.